The minimum atomic E-state index is -3.46. The van der Waals surface area contributed by atoms with Crippen LogP contribution in [0.4, 0.5) is 5.82 Å². The summed E-state index contributed by atoms with van der Waals surface area (Å²) in [5.41, 5.74) is 1.03. The number of carbonyl (C=O) groups excluding carboxylic acids is 1. The Bertz CT molecular complexity index is 2170. The van der Waals surface area contributed by atoms with E-state index < -0.39 is 34.7 Å². The van der Waals surface area contributed by atoms with Crippen molar-refractivity contribution in [3.05, 3.63) is 109 Å². The van der Waals surface area contributed by atoms with Crippen LogP contribution in [0.15, 0.2) is 109 Å². The molecule has 304 valence electrons. The molecule has 3 aliphatic heterocycles. The van der Waals surface area contributed by atoms with Crippen LogP contribution in [0.5, 0.6) is 0 Å². The second kappa shape index (κ2) is 18.1. The van der Waals surface area contributed by atoms with Crippen molar-refractivity contribution in [3.63, 3.8) is 0 Å². The number of rotatable bonds is 10. The van der Waals surface area contributed by atoms with E-state index in [0.717, 1.165) is 16.9 Å². The van der Waals surface area contributed by atoms with Crippen molar-refractivity contribution in [1.29, 1.82) is 0 Å². The highest BCUT2D eigenvalue weighted by atomic mass is 31.1. The Kier molecular flexibility index (Phi) is 13.0. The number of aliphatic hydroxyl groups is 1. The normalized spacial score (nSPS) is 22.5. The van der Waals surface area contributed by atoms with Crippen LogP contribution in [0.2, 0.25) is 5.04 Å². The first-order valence-electron chi connectivity index (χ1n) is 19.9. The second-order valence-electron chi connectivity index (χ2n) is 15.9. The summed E-state index contributed by atoms with van der Waals surface area (Å²) in [6.45, 7) is 9.95. The third-order valence-corrected chi connectivity index (χ3v) is 16.5. The van der Waals surface area contributed by atoms with Gasteiger partial charge in [0.15, 0.2) is 22.8 Å². The highest BCUT2D eigenvalue weighted by molar-refractivity contribution is 7.30. The number of anilines is 1. The maximum atomic E-state index is 12.8. The molecule has 3 aliphatic rings. The minimum absolute atomic E-state index is 0.177. The number of hydrogen-bond acceptors (Lipinski definition) is 11. The van der Waals surface area contributed by atoms with Crippen molar-refractivity contribution in [1.82, 2.24) is 19.5 Å². The SMILES string of the molecule is C1CCC2=NCCC[NH+]2CC1.CC(C)(C)[Si](OC[C@H]1O[C@@H](n2cnc3c(NC(=O)c4ccccc4)ncnc32)C[C@@]1(O)O[P+](=O)[O-])(c1ccccc1)c1ccccc1. The third kappa shape index (κ3) is 9.02. The molecule has 14 nitrogen and oxygen atoms in total. The molecule has 0 saturated carbocycles. The van der Waals surface area contributed by atoms with Crippen molar-refractivity contribution in [3.8, 4) is 0 Å². The van der Waals surface area contributed by atoms with Crippen LogP contribution in [-0.4, -0.2) is 82.8 Å². The summed E-state index contributed by atoms with van der Waals surface area (Å²) in [5, 5.41) is 16.1. The van der Waals surface area contributed by atoms with Gasteiger partial charge < -0.3 is 24.5 Å². The molecule has 5 heterocycles. The zero-order chi connectivity index (χ0) is 40.8. The topological polar surface area (TPSA) is 178 Å². The van der Waals surface area contributed by atoms with Crippen LogP contribution in [0.1, 0.15) is 75.9 Å². The molecule has 3 N–H and O–H groups in total. The summed E-state index contributed by atoms with van der Waals surface area (Å²) < 4.78 is 31.8. The molecule has 2 unspecified atom stereocenters. The van der Waals surface area contributed by atoms with Crippen LogP contribution in [0, 0.1) is 0 Å². The Morgan fingerprint density at radius 1 is 0.966 bits per heavy atom. The summed E-state index contributed by atoms with van der Waals surface area (Å²) in [6.07, 6.45) is 7.07. The molecule has 0 aliphatic carbocycles. The van der Waals surface area contributed by atoms with Gasteiger partial charge in [0.25, 0.3) is 20.0 Å². The molecule has 2 aromatic heterocycles. The lowest BCUT2D eigenvalue weighted by atomic mass is 10.1. The van der Waals surface area contributed by atoms with E-state index in [1.165, 1.54) is 63.7 Å². The number of imidazole rings is 1. The Labute approximate surface area is 340 Å². The number of ether oxygens (including phenoxy) is 1. The van der Waals surface area contributed by atoms with E-state index in [0.29, 0.717) is 11.2 Å². The largest absolute Gasteiger partial charge is 0.566 e. The zero-order valence-corrected chi connectivity index (χ0v) is 35.0. The Balaban J connectivity index is 0.000000399. The van der Waals surface area contributed by atoms with Crippen LogP contribution in [0.3, 0.4) is 0 Å². The van der Waals surface area contributed by atoms with E-state index in [-0.39, 0.29) is 35.3 Å². The monoisotopic (exact) mass is 824 g/mol. The van der Waals surface area contributed by atoms with Crippen molar-refractivity contribution >= 4 is 55.7 Å². The van der Waals surface area contributed by atoms with Gasteiger partial charge in [0.1, 0.15) is 18.7 Å². The number of aromatic nitrogens is 4. The average Bonchev–Trinajstić information content (AvgIpc) is 3.70. The molecule has 58 heavy (non-hydrogen) atoms. The first-order chi connectivity index (χ1) is 28.0. The molecule has 0 bridgehead atoms. The predicted molar refractivity (Wildman–Crippen MR) is 222 cm³/mol. The Hall–Kier alpha value is -4.57. The Morgan fingerprint density at radius 2 is 1.62 bits per heavy atom. The van der Waals surface area contributed by atoms with Crippen molar-refractivity contribution in [2.45, 2.75) is 82.5 Å². The third-order valence-electron chi connectivity index (χ3n) is 11.1. The van der Waals surface area contributed by atoms with Gasteiger partial charge >= 0.3 is 8.25 Å². The van der Waals surface area contributed by atoms with Crippen LogP contribution >= 0.6 is 8.25 Å². The quantitative estimate of drug-likeness (QED) is 0.106. The molecule has 5 aromatic rings. The van der Waals surface area contributed by atoms with Gasteiger partial charge in [0.2, 0.25) is 0 Å². The van der Waals surface area contributed by atoms with Gasteiger partial charge in [-0.3, -0.25) is 14.3 Å². The van der Waals surface area contributed by atoms with Crippen LogP contribution in [0.25, 0.3) is 11.2 Å². The second-order valence-corrected chi connectivity index (χ2v) is 20.8. The summed E-state index contributed by atoms with van der Waals surface area (Å²) in [5.74, 6) is -0.964. The van der Waals surface area contributed by atoms with E-state index in [1.54, 1.807) is 33.7 Å². The van der Waals surface area contributed by atoms with Gasteiger partial charge in [0.05, 0.1) is 32.4 Å². The molecule has 16 heteroatoms. The number of amides is 1. The molecule has 0 radical (unpaired) electrons. The molecule has 0 spiro atoms. The Morgan fingerprint density at radius 3 is 2.28 bits per heavy atom. The van der Waals surface area contributed by atoms with E-state index >= 15 is 0 Å². The molecular formula is C42H51N7O7PSi+. The lowest BCUT2D eigenvalue weighted by molar-refractivity contribution is -0.809. The van der Waals surface area contributed by atoms with Crippen LogP contribution < -0.4 is 25.5 Å². The molecular weight excluding hydrogens is 774 g/mol. The van der Waals surface area contributed by atoms with Gasteiger partial charge in [-0.05, 0) is 51.4 Å². The fourth-order valence-corrected chi connectivity index (χ4v) is 13.3. The first kappa shape index (κ1) is 41.6. The van der Waals surface area contributed by atoms with E-state index in [4.69, 9.17) is 13.7 Å². The maximum absolute atomic E-state index is 12.8. The van der Waals surface area contributed by atoms with E-state index in [1.807, 2.05) is 66.7 Å². The van der Waals surface area contributed by atoms with Crippen LogP contribution in [-0.2, 0) is 18.3 Å². The summed E-state index contributed by atoms with van der Waals surface area (Å²) in [4.78, 5) is 43.9. The van der Waals surface area contributed by atoms with E-state index in [2.05, 4.69) is 46.0 Å². The number of nitrogens with zero attached hydrogens (tertiary/aromatic N) is 5. The van der Waals surface area contributed by atoms with Crippen molar-refractivity contribution < 1.29 is 37.9 Å². The molecule has 1 amide bonds. The molecule has 2 saturated heterocycles. The molecule has 5 atom stereocenters. The lowest BCUT2D eigenvalue weighted by Crippen LogP contribution is -3.15. The highest BCUT2D eigenvalue weighted by Crippen LogP contribution is 2.44. The number of amidine groups is 1. The fourth-order valence-electron chi connectivity index (χ4n) is 8.27. The smallest absolute Gasteiger partial charge is 0.491 e. The number of quaternary nitrogens is 1. The summed E-state index contributed by atoms with van der Waals surface area (Å²) in [6, 6.07) is 28.5. The van der Waals surface area contributed by atoms with Gasteiger partial charge in [-0.25, -0.2) is 19.9 Å². The van der Waals surface area contributed by atoms with Gasteiger partial charge in [-0.15, -0.1) is 4.52 Å². The first-order valence-corrected chi connectivity index (χ1v) is 22.9. The van der Waals surface area contributed by atoms with Gasteiger partial charge in [-0.1, -0.05) is 99.6 Å². The fraction of sp³-hybridized carbons (Fsp3) is 0.405. The summed E-state index contributed by atoms with van der Waals surface area (Å²) in [7, 11) is -6.54. The zero-order valence-electron chi connectivity index (χ0n) is 33.1. The number of benzene rings is 3. The molecule has 3 aromatic carbocycles. The predicted octanol–water partition coefficient (Wildman–Crippen LogP) is 3.91. The number of fused-ring (bicyclic) bond motifs is 2. The van der Waals surface area contributed by atoms with Gasteiger partial charge in [-0.2, -0.15) is 0 Å². The highest BCUT2D eigenvalue weighted by Gasteiger charge is 2.57. The number of nitrogens with one attached hydrogen (secondary N) is 2. The standard InChI is InChI=1S/C33H34N5O7PSi.C9H16N2/c1-32(2,3)47(24-15-9-5-10-16-24,25-17-11-6-12-18-25)43-20-26-33(40,45-46(41)42)19-27(44-26)38-22-36-28-29(34-21-35-30(28)38)37-31(39)23-13-7-4-8-14-23;1-2-5-9-10-6-4-8-11(9)7-3-1/h4-18,21-22,26-27,40H,19-20H2,1-3H3,(H,34,35,37,39);1-8H2/p+1/t26-,27-,33-;/m1./s1. The van der Waals surface area contributed by atoms with Gasteiger partial charge in [0, 0.05) is 24.9 Å². The lowest BCUT2D eigenvalue weighted by Gasteiger charge is -2.43. The van der Waals surface area contributed by atoms with Crippen molar-refractivity contribution in [2.24, 2.45) is 4.99 Å². The number of aliphatic imine (C=N–C) groups is 1. The summed E-state index contributed by atoms with van der Waals surface area (Å²) >= 11 is 0. The van der Waals surface area contributed by atoms with E-state index in [9.17, 15) is 19.4 Å². The number of carbonyl (C=O) groups is 1. The minimum Gasteiger partial charge on any atom is -0.566 e. The molecule has 2 fully saturated rings. The number of hydrogen-bond donors (Lipinski definition) is 3. The maximum Gasteiger partial charge on any atom is 0.491 e. The molecule has 8 rings (SSSR count). The average molecular weight is 825 g/mol. The van der Waals surface area contributed by atoms with Crippen molar-refractivity contribution in [2.75, 3.05) is 31.6 Å².